The van der Waals surface area contributed by atoms with E-state index in [9.17, 15) is 14.4 Å². The van der Waals surface area contributed by atoms with Crippen LogP contribution in [0.4, 0.5) is 10.5 Å². The van der Waals surface area contributed by atoms with Crippen molar-refractivity contribution < 1.29 is 19.1 Å². The van der Waals surface area contributed by atoms with Crippen LogP contribution in [-0.4, -0.2) is 45.7 Å². The van der Waals surface area contributed by atoms with Crippen molar-refractivity contribution in [3.05, 3.63) is 64.7 Å². The summed E-state index contributed by atoms with van der Waals surface area (Å²) in [7, 11) is 0. The molecule has 8 heteroatoms. The van der Waals surface area contributed by atoms with Crippen LogP contribution in [0.5, 0.6) is 0 Å². The maximum absolute atomic E-state index is 14.2. The first-order chi connectivity index (χ1) is 17.6. The topological polar surface area (TPSA) is 87.7 Å². The molecule has 0 aromatic heterocycles. The van der Waals surface area contributed by atoms with Crippen LogP contribution in [0, 0.1) is 20.8 Å². The number of anilines is 1. The number of alkyl carbamates (subject to hydrolysis) is 1. The van der Waals surface area contributed by atoms with Gasteiger partial charge in [0.2, 0.25) is 5.91 Å². The van der Waals surface area contributed by atoms with Gasteiger partial charge in [-0.25, -0.2) is 4.79 Å². The Bertz CT molecular complexity index is 1160. The van der Waals surface area contributed by atoms with Gasteiger partial charge in [0, 0.05) is 17.0 Å². The Kier molecular flexibility index (Phi) is 10.4. The maximum atomic E-state index is 14.2. The zero-order chi connectivity index (χ0) is 28.8. The molecule has 7 nitrogen and oxygen atoms in total. The quantitative estimate of drug-likeness (QED) is 0.333. The fourth-order valence-corrected chi connectivity index (χ4v) is 4.38. The van der Waals surface area contributed by atoms with Gasteiger partial charge in [0.05, 0.1) is 0 Å². The Hall–Kier alpha value is -3.00. The lowest BCUT2D eigenvalue weighted by atomic mass is 9.89. The Balaban J connectivity index is 2.65. The van der Waals surface area contributed by atoms with Crippen LogP contribution >= 0.6 is 12.6 Å². The Morgan fingerprint density at radius 1 is 0.947 bits per heavy atom. The number of benzene rings is 2. The molecule has 0 spiro atoms. The van der Waals surface area contributed by atoms with Crippen LogP contribution in [-0.2, 0) is 14.3 Å². The first-order valence-corrected chi connectivity index (χ1v) is 13.6. The van der Waals surface area contributed by atoms with E-state index in [1.165, 1.54) is 0 Å². The fourth-order valence-electron chi connectivity index (χ4n) is 4.13. The Labute approximate surface area is 233 Å². The minimum absolute atomic E-state index is 0.0350. The van der Waals surface area contributed by atoms with Crippen LogP contribution < -0.4 is 10.6 Å². The number of thiol groups is 1. The molecule has 2 aromatic rings. The zero-order valence-electron chi connectivity index (χ0n) is 24.1. The van der Waals surface area contributed by atoms with Gasteiger partial charge in [0.15, 0.2) is 0 Å². The number of carbonyl (C=O) groups is 3. The van der Waals surface area contributed by atoms with Crippen molar-refractivity contribution in [2.24, 2.45) is 0 Å². The van der Waals surface area contributed by atoms with Crippen molar-refractivity contribution in [2.45, 2.75) is 92.0 Å². The second kappa shape index (κ2) is 12.7. The average Bonchev–Trinajstić information content (AvgIpc) is 2.82. The lowest BCUT2D eigenvalue weighted by Gasteiger charge is -2.45. The van der Waals surface area contributed by atoms with Crippen molar-refractivity contribution in [3.63, 3.8) is 0 Å². The van der Waals surface area contributed by atoms with Crippen LogP contribution in [0.3, 0.4) is 0 Å². The van der Waals surface area contributed by atoms with Gasteiger partial charge in [-0.05, 0) is 90.1 Å². The van der Waals surface area contributed by atoms with Gasteiger partial charge in [-0.1, -0.05) is 43.3 Å². The van der Waals surface area contributed by atoms with Gasteiger partial charge in [-0.15, -0.1) is 0 Å². The highest BCUT2D eigenvalue weighted by molar-refractivity contribution is 7.80. The molecule has 2 rings (SSSR count). The first-order valence-electron chi connectivity index (χ1n) is 13.0. The summed E-state index contributed by atoms with van der Waals surface area (Å²) in [5, 5.41) is 5.72. The molecule has 0 bridgehead atoms. The molecule has 2 atom stereocenters. The highest BCUT2D eigenvalue weighted by Crippen LogP contribution is 2.35. The van der Waals surface area contributed by atoms with E-state index in [0.29, 0.717) is 12.1 Å². The van der Waals surface area contributed by atoms with Crippen molar-refractivity contribution in [2.75, 3.05) is 11.1 Å². The number of hydrogen-bond donors (Lipinski definition) is 3. The van der Waals surface area contributed by atoms with E-state index >= 15 is 0 Å². The number of hydrogen-bond acceptors (Lipinski definition) is 5. The summed E-state index contributed by atoms with van der Waals surface area (Å²) >= 11 is 4.38. The normalized spacial score (nSPS) is 13.3. The molecule has 2 unspecified atom stereocenters. The summed E-state index contributed by atoms with van der Waals surface area (Å²) < 4.78 is 5.40. The number of nitrogens with zero attached hydrogens (tertiary/aromatic N) is 1. The molecule has 0 saturated carbocycles. The van der Waals surface area contributed by atoms with Gasteiger partial charge in [0.1, 0.15) is 17.7 Å². The molecule has 38 heavy (non-hydrogen) atoms. The molecule has 208 valence electrons. The van der Waals surface area contributed by atoms with Crippen molar-refractivity contribution in [1.82, 2.24) is 10.2 Å². The molecule has 0 aliphatic rings. The summed E-state index contributed by atoms with van der Waals surface area (Å²) in [5.41, 5.74) is 2.77. The van der Waals surface area contributed by atoms with E-state index in [1.807, 2.05) is 84.0 Å². The molecule has 0 radical (unpaired) electrons. The second-order valence-electron chi connectivity index (χ2n) is 11.3. The fraction of sp³-hybridized carbons (Fsp3) is 0.500. The molecule has 3 amide bonds. The molecule has 0 aliphatic carbocycles. The number of nitrogens with one attached hydrogen (secondary N) is 2. The number of rotatable bonds is 9. The van der Waals surface area contributed by atoms with E-state index in [4.69, 9.17) is 4.74 Å². The number of carbonyl (C=O) groups excluding carboxylic acids is 3. The molecule has 2 N–H and O–H groups in total. The summed E-state index contributed by atoms with van der Waals surface area (Å²) in [6.07, 6.45) is -0.143. The minimum Gasteiger partial charge on any atom is -0.444 e. The molecule has 0 saturated heterocycles. The number of ether oxygens (including phenoxy) is 1. The third kappa shape index (κ3) is 7.76. The lowest BCUT2D eigenvalue weighted by molar-refractivity contribution is -0.147. The third-order valence-electron chi connectivity index (χ3n) is 6.78. The Morgan fingerprint density at radius 3 is 2.11 bits per heavy atom. The monoisotopic (exact) mass is 541 g/mol. The van der Waals surface area contributed by atoms with Crippen LogP contribution in [0.15, 0.2) is 42.5 Å². The van der Waals surface area contributed by atoms with Crippen molar-refractivity contribution in [3.8, 4) is 0 Å². The molecule has 2 aromatic carbocycles. The molecule has 0 aliphatic heterocycles. The minimum atomic E-state index is -1.00. The summed E-state index contributed by atoms with van der Waals surface area (Å²) in [6, 6.07) is 11.3. The first kappa shape index (κ1) is 31.2. The molecular formula is C30H43N3O4S. The standard InChI is InChI=1S/C30H43N3O4S/c1-10-30(8,9)33(27(35)24(18-38)32-28(36)37-29(5,6)7)25(22-16-13-15-19(2)21(22)4)26(34)31-23-17-12-11-14-20(23)3/h11-17,24-25,38H,10,18H2,1-9H3,(H,31,34)(H,32,36). The maximum Gasteiger partial charge on any atom is 0.408 e. The van der Waals surface area contributed by atoms with Crippen LogP contribution in [0.2, 0.25) is 0 Å². The predicted molar refractivity (Wildman–Crippen MR) is 157 cm³/mol. The highest BCUT2D eigenvalue weighted by atomic mass is 32.1. The summed E-state index contributed by atoms with van der Waals surface area (Å²) in [4.78, 5) is 42.6. The largest absolute Gasteiger partial charge is 0.444 e. The van der Waals surface area contributed by atoms with Gasteiger partial charge in [-0.3, -0.25) is 9.59 Å². The van der Waals surface area contributed by atoms with E-state index < -0.39 is 35.2 Å². The van der Waals surface area contributed by atoms with E-state index in [-0.39, 0.29) is 11.7 Å². The molecule has 0 heterocycles. The van der Waals surface area contributed by atoms with Gasteiger partial charge >= 0.3 is 6.09 Å². The molecular weight excluding hydrogens is 498 g/mol. The van der Waals surface area contributed by atoms with Crippen LogP contribution in [0.1, 0.15) is 76.3 Å². The third-order valence-corrected chi connectivity index (χ3v) is 7.14. The highest BCUT2D eigenvalue weighted by Gasteiger charge is 2.43. The number of amides is 3. The zero-order valence-corrected chi connectivity index (χ0v) is 25.0. The lowest BCUT2D eigenvalue weighted by Crippen LogP contribution is -2.59. The number of aryl methyl sites for hydroxylation is 2. The SMILES string of the molecule is CCC(C)(C)N(C(=O)C(CS)NC(=O)OC(C)(C)C)C(C(=O)Nc1ccccc1C)c1cccc(C)c1C. The second-order valence-corrected chi connectivity index (χ2v) is 11.6. The van der Waals surface area contributed by atoms with E-state index in [0.717, 1.165) is 22.3 Å². The predicted octanol–water partition coefficient (Wildman–Crippen LogP) is 6.13. The van der Waals surface area contributed by atoms with Crippen LogP contribution in [0.25, 0.3) is 0 Å². The number of para-hydroxylation sites is 1. The van der Waals surface area contributed by atoms with E-state index in [1.54, 1.807) is 25.7 Å². The smallest absolute Gasteiger partial charge is 0.408 e. The summed E-state index contributed by atoms with van der Waals surface area (Å²) in [5.74, 6) is -0.713. The van der Waals surface area contributed by atoms with Crippen molar-refractivity contribution in [1.29, 1.82) is 0 Å². The van der Waals surface area contributed by atoms with Gasteiger partial charge in [-0.2, -0.15) is 12.6 Å². The van der Waals surface area contributed by atoms with Gasteiger partial charge in [0.25, 0.3) is 5.91 Å². The van der Waals surface area contributed by atoms with E-state index in [2.05, 4.69) is 23.3 Å². The van der Waals surface area contributed by atoms with Crippen molar-refractivity contribution >= 4 is 36.2 Å². The molecule has 0 fully saturated rings. The Morgan fingerprint density at radius 2 is 1.55 bits per heavy atom. The summed E-state index contributed by atoms with van der Waals surface area (Å²) in [6.45, 7) is 16.9. The van der Waals surface area contributed by atoms with Gasteiger partial charge < -0.3 is 20.3 Å². The average molecular weight is 542 g/mol.